The highest BCUT2D eigenvalue weighted by Gasteiger charge is 2.44. The van der Waals surface area contributed by atoms with Crippen LogP contribution in [0.5, 0.6) is 0 Å². The predicted molar refractivity (Wildman–Crippen MR) is 111 cm³/mol. The molecule has 0 spiro atoms. The van der Waals surface area contributed by atoms with Crippen molar-refractivity contribution in [2.75, 3.05) is 37.6 Å². The topological polar surface area (TPSA) is 35.6 Å². The number of anilines is 1. The summed E-state index contributed by atoms with van der Waals surface area (Å²) in [5.74, 6) is 1.97. The third kappa shape index (κ3) is 4.97. The summed E-state index contributed by atoms with van der Waals surface area (Å²) in [6.45, 7) is 7.59. The van der Waals surface area contributed by atoms with Gasteiger partial charge >= 0.3 is 0 Å². The maximum atomic E-state index is 12.5. The molecular weight excluding hydrogens is 358 g/mol. The first-order valence-electron chi connectivity index (χ1n) is 10.6. The van der Waals surface area contributed by atoms with E-state index in [1.165, 1.54) is 18.5 Å². The lowest BCUT2D eigenvalue weighted by atomic mass is 9.87. The van der Waals surface area contributed by atoms with Crippen LogP contribution < -0.4 is 10.2 Å². The van der Waals surface area contributed by atoms with E-state index in [0.29, 0.717) is 17.9 Å². The summed E-state index contributed by atoms with van der Waals surface area (Å²) in [5.41, 5.74) is 1.22. The highest BCUT2D eigenvalue weighted by atomic mass is 35.5. The van der Waals surface area contributed by atoms with Crippen molar-refractivity contribution < 1.29 is 4.79 Å². The molecule has 4 rings (SSSR count). The van der Waals surface area contributed by atoms with Gasteiger partial charge in [-0.05, 0) is 62.1 Å². The van der Waals surface area contributed by atoms with Gasteiger partial charge in [0, 0.05) is 55.4 Å². The molecule has 1 unspecified atom stereocenters. The van der Waals surface area contributed by atoms with Gasteiger partial charge < -0.3 is 10.2 Å². The van der Waals surface area contributed by atoms with E-state index in [1.807, 2.05) is 18.2 Å². The molecule has 0 aromatic heterocycles. The number of hydrogen-bond donors (Lipinski definition) is 1. The number of nitrogens with one attached hydrogen (secondary N) is 1. The van der Waals surface area contributed by atoms with Crippen LogP contribution in [0, 0.1) is 17.8 Å². The van der Waals surface area contributed by atoms with Gasteiger partial charge in [0.25, 0.3) is 0 Å². The SMILES string of the molecule is CC1CCC(NC(=O)[C@H]2CC2CN2CCN(c3cccc(Cl)c3)CC2)CC1. The fourth-order valence-corrected chi connectivity index (χ4v) is 4.86. The average molecular weight is 390 g/mol. The summed E-state index contributed by atoms with van der Waals surface area (Å²) in [7, 11) is 0. The molecule has 1 heterocycles. The molecule has 1 N–H and O–H groups in total. The van der Waals surface area contributed by atoms with Crippen LogP contribution in [0.15, 0.2) is 24.3 Å². The molecule has 1 aliphatic heterocycles. The lowest BCUT2D eigenvalue weighted by Gasteiger charge is -2.36. The van der Waals surface area contributed by atoms with E-state index < -0.39 is 0 Å². The van der Waals surface area contributed by atoms with Crippen LogP contribution in [0.3, 0.4) is 0 Å². The molecular formula is C22H32ClN3O. The molecule has 27 heavy (non-hydrogen) atoms. The second-order valence-electron chi connectivity index (χ2n) is 8.84. The summed E-state index contributed by atoms with van der Waals surface area (Å²) >= 11 is 6.12. The van der Waals surface area contributed by atoms with Crippen molar-refractivity contribution in [2.45, 2.75) is 45.1 Å². The molecule has 4 nitrogen and oxygen atoms in total. The van der Waals surface area contributed by atoms with E-state index in [0.717, 1.165) is 62.9 Å². The third-order valence-corrected chi connectivity index (χ3v) is 6.90. The zero-order valence-corrected chi connectivity index (χ0v) is 17.1. The van der Waals surface area contributed by atoms with Crippen molar-refractivity contribution in [1.82, 2.24) is 10.2 Å². The molecule has 2 aliphatic carbocycles. The first-order valence-corrected chi connectivity index (χ1v) is 11.0. The molecule has 1 aromatic rings. The number of carbonyl (C=O) groups is 1. The minimum absolute atomic E-state index is 0.260. The van der Waals surface area contributed by atoms with Crippen LogP contribution in [0.2, 0.25) is 5.02 Å². The highest BCUT2D eigenvalue weighted by Crippen LogP contribution is 2.40. The summed E-state index contributed by atoms with van der Waals surface area (Å²) in [5, 5.41) is 4.12. The van der Waals surface area contributed by atoms with Crippen molar-refractivity contribution in [1.29, 1.82) is 0 Å². The second-order valence-corrected chi connectivity index (χ2v) is 9.27. The van der Waals surface area contributed by atoms with Crippen molar-refractivity contribution in [3.05, 3.63) is 29.3 Å². The Labute approximate surface area is 168 Å². The van der Waals surface area contributed by atoms with Gasteiger partial charge in [0.2, 0.25) is 5.91 Å². The summed E-state index contributed by atoms with van der Waals surface area (Å²) in [6.07, 6.45) is 5.92. The second kappa shape index (κ2) is 8.40. The van der Waals surface area contributed by atoms with Crippen LogP contribution in [0.25, 0.3) is 0 Å². The number of hydrogen-bond acceptors (Lipinski definition) is 3. The standard InChI is InChI=1S/C22H32ClN3O/c1-16-5-7-19(8-6-16)24-22(27)21-13-17(21)15-25-9-11-26(12-10-25)20-4-2-3-18(23)14-20/h2-4,14,16-17,19,21H,5-13,15H2,1H3,(H,24,27)/t16?,17?,19?,21-/m0/s1. The number of piperazine rings is 1. The Balaban J connectivity index is 1.18. The largest absolute Gasteiger partial charge is 0.369 e. The van der Waals surface area contributed by atoms with Crippen LogP contribution in [0.4, 0.5) is 5.69 Å². The van der Waals surface area contributed by atoms with E-state index in [2.05, 4.69) is 28.1 Å². The van der Waals surface area contributed by atoms with E-state index in [9.17, 15) is 4.79 Å². The number of halogens is 1. The van der Waals surface area contributed by atoms with Gasteiger partial charge in [-0.3, -0.25) is 9.69 Å². The first-order chi connectivity index (χ1) is 13.1. The number of carbonyl (C=O) groups excluding carboxylic acids is 1. The predicted octanol–water partition coefficient (Wildman–Crippen LogP) is 3.79. The molecule has 5 heteroatoms. The van der Waals surface area contributed by atoms with Crippen LogP contribution in [-0.2, 0) is 4.79 Å². The summed E-state index contributed by atoms with van der Waals surface area (Å²) < 4.78 is 0. The van der Waals surface area contributed by atoms with Gasteiger partial charge in [-0.1, -0.05) is 24.6 Å². The Bertz CT molecular complexity index is 651. The minimum Gasteiger partial charge on any atom is -0.369 e. The van der Waals surface area contributed by atoms with Crippen molar-refractivity contribution in [2.24, 2.45) is 17.8 Å². The van der Waals surface area contributed by atoms with E-state index in [4.69, 9.17) is 11.6 Å². The lowest BCUT2D eigenvalue weighted by Crippen LogP contribution is -2.47. The fourth-order valence-electron chi connectivity index (χ4n) is 4.68. The number of benzene rings is 1. The zero-order chi connectivity index (χ0) is 18.8. The monoisotopic (exact) mass is 389 g/mol. The first kappa shape index (κ1) is 19.1. The number of nitrogens with zero attached hydrogens (tertiary/aromatic N) is 2. The zero-order valence-electron chi connectivity index (χ0n) is 16.4. The summed E-state index contributed by atoms with van der Waals surface area (Å²) in [4.78, 5) is 17.5. The van der Waals surface area contributed by atoms with Crippen LogP contribution in [-0.4, -0.2) is 49.6 Å². The lowest BCUT2D eigenvalue weighted by molar-refractivity contribution is -0.123. The van der Waals surface area contributed by atoms with Gasteiger partial charge in [-0.15, -0.1) is 0 Å². The maximum absolute atomic E-state index is 12.5. The third-order valence-electron chi connectivity index (χ3n) is 6.66. The molecule has 1 saturated heterocycles. The normalized spacial score (nSPS) is 31.6. The Kier molecular flexibility index (Phi) is 5.93. The van der Waals surface area contributed by atoms with Gasteiger partial charge in [0.1, 0.15) is 0 Å². The Morgan fingerprint density at radius 3 is 2.59 bits per heavy atom. The molecule has 1 amide bonds. The Hall–Kier alpha value is -1.26. The molecule has 1 aromatic carbocycles. The van der Waals surface area contributed by atoms with E-state index in [1.54, 1.807) is 0 Å². The van der Waals surface area contributed by atoms with E-state index >= 15 is 0 Å². The fraction of sp³-hybridized carbons (Fsp3) is 0.682. The molecule has 0 radical (unpaired) electrons. The molecule has 3 aliphatic rings. The van der Waals surface area contributed by atoms with E-state index in [-0.39, 0.29) is 5.92 Å². The molecule has 0 bridgehead atoms. The smallest absolute Gasteiger partial charge is 0.223 e. The van der Waals surface area contributed by atoms with Crippen LogP contribution >= 0.6 is 11.6 Å². The van der Waals surface area contributed by atoms with Gasteiger partial charge in [-0.25, -0.2) is 0 Å². The summed E-state index contributed by atoms with van der Waals surface area (Å²) in [6, 6.07) is 8.55. The van der Waals surface area contributed by atoms with Crippen molar-refractivity contribution in [3.8, 4) is 0 Å². The Morgan fingerprint density at radius 1 is 1.15 bits per heavy atom. The van der Waals surface area contributed by atoms with Gasteiger partial charge in [0.15, 0.2) is 0 Å². The highest BCUT2D eigenvalue weighted by molar-refractivity contribution is 6.30. The number of rotatable bonds is 5. The Morgan fingerprint density at radius 2 is 1.89 bits per heavy atom. The minimum atomic E-state index is 0.260. The van der Waals surface area contributed by atoms with Crippen LogP contribution in [0.1, 0.15) is 39.0 Å². The van der Waals surface area contributed by atoms with Gasteiger partial charge in [-0.2, -0.15) is 0 Å². The molecule has 2 saturated carbocycles. The van der Waals surface area contributed by atoms with Gasteiger partial charge in [0.05, 0.1) is 0 Å². The average Bonchev–Trinajstić information content (AvgIpc) is 3.43. The van der Waals surface area contributed by atoms with Crippen molar-refractivity contribution >= 4 is 23.2 Å². The molecule has 3 fully saturated rings. The van der Waals surface area contributed by atoms with Crippen molar-refractivity contribution in [3.63, 3.8) is 0 Å². The quantitative estimate of drug-likeness (QED) is 0.832. The molecule has 148 valence electrons. The molecule has 2 atom stereocenters. The number of amides is 1. The maximum Gasteiger partial charge on any atom is 0.223 e.